The maximum atomic E-state index is 12.2. The Hall–Kier alpha value is -2.61. The van der Waals surface area contributed by atoms with Gasteiger partial charge >= 0.3 is 6.36 Å². The van der Waals surface area contributed by atoms with Crippen LogP contribution in [-0.2, 0) is 0 Å². The van der Waals surface area contributed by atoms with Crippen molar-refractivity contribution in [2.24, 2.45) is 0 Å². The highest BCUT2D eigenvalue weighted by molar-refractivity contribution is 7.22. The number of ether oxygens (including phenoxy) is 1. The van der Waals surface area contributed by atoms with Crippen LogP contribution in [0.5, 0.6) is 5.75 Å². The molecule has 0 saturated carbocycles. The first-order valence-electron chi connectivity index (χ1n) is 6.43. The molecular formula is C15H9F3N2O2S. The predicted octanol–water partition coefficient (Wildman–Crippen LogP) is 4.45. The second kappa shape index (κ2) is 5.88. The van der Waals surface area contributed by atoms with E-state index in [1.165, 1.54) is 18.2 Å². The molecule has 0 radical (unpaired) electrons. The van der Waals surface area contributed by atoms with Gasteiger partial charge in [-0.3, -0.25) is 10.1 Å². The number of thiazole rings is 1. The fraction of sp³-hybridized carbons (Fsp3) is 0.0667. The smallest absolute Gasteiger partial charge is 0.406 e. The van der Waals surface area contributed by atoms with Gasteiger partial charge in [0.2, 0.25) is 0 Å². The molecule has 2 aromatic carbocycles. The number of carbonyl (C=O) groups is 1. The molecule has 1 heterocycles. The van der Waals surface area contributed by atoms with Gasteiger partial charge in [-0.1, -0.05) is 29.5 Å². The number of nitrogens with zero attached hydrogens (tertiary/aromatic N) is 1. The van der Waals surface area contributed by atoms with E-state index in [9.17, 15) is 18.0 Å². The van der Waals surface area contributed by atoms with Crippen LogP contribution in [0.3, 0.4) is 0 Å². The van der Waals surface area contributed by atoms with Gasteiger partial charge in [0.25, 0.3) is 5.91 Å². The van der Waals surface area contributed by atoms with E-state index < -0.39 is 6.36 Å². The third-order valence-electron chi connectivity index (χ3n) is 2.85. The summed E-state index contributed by atoms with van der Waals surface area (Å²) in [6.07, 6.45) is -4.75. The number of benzene rings is 2. The van der Waals surface area contributed by atoms with E-state index >= 15 is 0 Å². The Labute approximate surface area is 132 Å². The van der Waals surface area contributed by atoms with Crippen LogP contribution in [-0.4, -0.2) is 17.3 Å². The summed E-state index contributed by atoms with van der Waals surface area (Å²) in [5.41, 5.74) is 0.945. The Bertz CT molecular complexity index is 847. The first-order chi connectivity index (χ1) is 10.9. The average molecular weight is 338 g/mol. The van der Waals surface area contributed by atoms with Crippen LogP contribution in [0.25, 0.3) is 10.2 Å². The monoisotopic (exact) mass is 338 g/mol. The molecule has 0 aliphatic carbocycles. The van der Waals surface area contributed by atoms with Gasteiger partial charge < -0.3 is 4.74 Å². The predicted molar refractivity (Wildman–Crippen MR) is 80.7 cm³/mol. The summed E-state index contributed by atoms with van der Waals surface area (Å²) in [4.78, 5) is 16.2. The second-order valence-electron chi connectivity index (χ2n) is 4.52. The zero-order valence-corrected chi connectivity index (χ0v) is 12.2. The summed E-state index contributed by atoms with van der Waals surface area (Å²) in [6, 6.07) is 12.4. The standard InChI is InChI=1S/C15H9F3N2O2S/c16-15(17,18)22-10-6-7-11-12(8-10)23-14(19-11)20-13(21)9-4-2-1-3-5-9/h1-8H,(H,19,20,21). The molecule has 8 heteroatoms. The molecule has 1 amide bonds. The molecule has 23 heavy (non-hydrogen) atoms. The van der Waals surface area contributed by atoms with E-state index in [0.29, 0.717) is 20.9 Å². The molecule has 1 N–H and O–H groups in total. The molecule has 0 saturated heterocycles. The summed E-state index contributed by atoms with van der Waals surface area (Å²) in [5, 5.41) is 2.92. The second-order valence-corrected chi connectivity index (χ2v) is 5.55. The number of halogens is 3. The van der Waals surface area contributed by atoms with Crippen molar-refractivity contribution in [2.75, 3.05) is 5.32 Å². The van der Waals surface area contributed by atoms with Crippen molar-refractivity contribution >= 4 is 32.6 Å². The molecule has 3 aromatic rings. The number of nitrogens with one attached hydrogen (secondary N) is 1. The zero-order valence-electron chi connectivity index (χ0n) is 11.4. The van der Waals surface area contributed by atoms with Gasteiger partial charge in [0, 0.05) is 11.6 Å². The maximum Gasteiger partial charge on any atom is 0.573 e. The summed E-state index contributed by atoms with van der Waals surface area (Å²) >= 11 is 1.07. The molecule has 1 aromatic heterocycles. The van der Waals surface area contributed by atoms with Crippen LogP contribution in [0.2, 0.25) is 0 Å². The SMILES string of the molecule is O=C(Nc1nc2ccc(OC(F)(F)F)cc2s1)c1ccccc1. The number of aromatic nitrogens is 1. The van der Waals surface area contributed by atoms with Gasteiger partial charge in [-0.2, -0.15) is 0 Å². The van der Waals surface area contributed by atoms with Crippen LogP contribution in [0.15, 0.2) is 48.5 Å². The van der Waals surface area contributed by atoms with E-state index in [-0.39, 0.29) is 11.7 Å². The zero-order chi connectivity index (χ0) is 16.4. The molecule has 4 nitrogen and oxygen atoms in total. The van der Waals surface area contributed by atoms with E-state index in [1.54, 1.807) is 30.3 Å². The normalized spacial score (nSPS) is 11.4. The molecule has 0 fully saturated rings. The maximum absolute atomic E-state index is 12.2. The number of carbonyl (C=O) groups excluding carboxylic acids is 1. The van der Waals surface area contributed by atoms with Crippen LogP contribution in [0.4, 0.5) is 18.3 Å². The number of rotatable bonds is 3. The minimum Gasteiger partial charge on any atom is -0.406 e. The number of amides is 1. The fourth-order valence-electron chi connectivity index (χ4n) is 1.91. The van der Waals surface area contributed by atoms with Gasteiger partial charge in [0.1, 0.15) is 5.75 Å². The van der Waals surface area contributed by atoms with Crippen LogP contribution in [0, 0.1) is 0 Å². The molecule has 3 rings (SSSR count). The van der Waals surface area contributed by atoms with Crippen LogP contribution in [0.1, 0.15) is 10.4 Å². The molecule has 118 valence electrons. The van der Waals surface area contributed by atoms with Crippen LogP contribution >= 0.6 is 11.3 Å². The number of anilines is 1. The number of fused-ring (bicyclic) bond motifs is 1. The summed E-state index contributed by atoms with van der Waals surface area (Å²) in [6.45, 7) is 0. The van der Waals surface area contributed by atoms with Crippen molar-refractivity contribution < 1.29 is 22.7 Å². The largest absolute Gasteiger partial charge is 0.573 e. The third-order valence-corrected chi connectivity index (χ3v) is 3.78. The minimum absolute atomic E-state index is 0.304. The van der Waals surface area contributed by atoms with Crippen molar-refractivity contribution in [1.29, 1.82) is 0 Å². The Morgan fingerprint density at radius 1 is 1.13 bits per heavy atom. The highest BCUT2D eigenvalue weighted by Crippen LogP contribution is 2.31. The summed E-state index contributed by atoms with van der Waals surface area (Å²) in [5.74, 6) is -0.661. The van der Waals surface area contributed by atoms with Crippen LogP contribution < -0.4 is 10.1 Å². The van der Waals surface area contributed by atoms with Gasteiger partial charge in [-0.05, 0) is 24.3 Å². The van der Waals surface area contributed by atoms with E-state index in [4.69, 9.17) is 0 Å². The first kappa shape index (κ1) is 15.3. The molecule has 0 atom stereocenters. The molecule has 0 aliphatic heterocycles. The molecule has 0 aliphatic rings. The third kappa shape index (κ3) is 3.78. The van der Waals surface area contributed by atoms with Crippen molar-refractivity contribution in [2.45, 2.75) is 6.36 Å². The number of hydrogen-bond donors (Lipinski definition) is 1. The molecule has 0 bridgehead atoms. The van der Waals surface area contributed by atoms with E-state index in [0.717, 1.165) is 11.3 Å². The first-order valence-corrected chi connectivity index (χ1v) is 7.25. The van der Waals surface area contributed by atoms with E-state index in [2.05, 4.69) is 15.0 Å². The van der Waals surface area contributed by atoms with Gasteiger partial charge in [0.15, 0.2) is 5.13 Å². The highest BCUT2D eigenvalue weighted by Gasteiger charge is 2.31. The lowest BCUT2D eigenvalue weighted by molar-refractivity contribution is -0.274. The summed E-state index contributed by atoms with van der Waals surface area (Å²) < 4.78 is 41.0. The van der Waals surface area contributed by atoms with Crippen molar-refractivity contribution in [1.82, 2.24) is 4.98 Å². The Kier molecular flexibility index (Phi) is 3.91. The number of hydrogen-bond acceptors (Lipinski definition) is 4. The average Bonchev–Trinajstić information content (AvgIpc) is 2.88. The minimum atomic E-state index is -4.75. The fourth-order valence-corrected chi connectivity index (χ4v) is 2.80. The van der Waals surface area contributed by atoms with E-state index in [1.807, 2.05) is 0 Å². The lowest BCUT2D eigenvalue weighted by Gasteiger charge is -2.07. The molecule has 0 unspecified atom stereocenters. The van der Waals surface area contributed by atoms with Gasteiger partial charge in [0.05, 0.1) is 10.2 Å². The Morgan fingerprint density at radius 3 is 2.57 bits per heavy atom. The lowest BCUT2D eigenvalue weighted by atomic mass is 10.2. The quantitative estimate of drug-likeness (QED) is 0.768. The van der Waals surface area contributed by atoms with Gasteiger partial charge in [-0.15, -0.1) is 13.2 Å². The molecule has 0 spiro atoms. The number of alkyl halides is 3. The van der Waals surface area contributed by atoms with Gasteiger partial charge in [-0.25, -0.2) is 4.98 Å². The molecular weight excluding hydrogens is 329 g/mol. The lowest BCUT2D eigenvalue weighted by Crippen LogP contribution is -2.16. The van der Waals surface area contributed by atoms with Crippen molar-refractivity contribution in [3.63, 3.8) is 0 Å². The Morgan fingerprint density at radius 2 is 1.87 bits per heavy atom. The highest BCUT2D eigenvalue weighted by atomic mass is 32.1. The van der Waals surface area contributed by atoms with Crippen molar-refractivity contribution in [3.8, 4) is 5.75 Å². The topological polar surface area (TPSA) is 51.2 Å². The summed E-state index contributed by atoms with van der Waals surface area (Å²) in [7, 11) is 0. The Balaban J connectivity index is 1.81. The van der Waals surface area contributed by atoms with Crippen molar-refractivity contribution in [3.05, 3.63) is 54.1 Å².